The van der Waals surface area contributed by atoms with Crippen LogP contribution in [-0.4, -0.2) is 29.7 Å². The minimum Gasteiger partial charge on any atom is -0.497 e. The van der Waals surface area contributed by atoms with Crippen LogP contribution in [0.2, 0.25) is 5.02 Å². The highest BCUT2D eigenvalue weighted by molar-refractivity contribution is 6.30. The molecule has 1 amide bonds. The largest absolute Gasteiger partial charge is 0.497 e. The van der Waals surface area contributed by atoms with Gasteiger partial charge in [-0.25, -0.2) is 0 Å². The summed E-state index contributed by atoms with van der Waals surface area (Å²) in [5.41, 5.74) is 2.66. The zero-order chi connectivity index (χ0) is 19.0. The molecule has 138 valence electrons. The monoisotopic (exact) mass is 383 g/mol. The summed E-state index contributed by atoms with van der Waals surface area (Å²) in [5.74, 6) is 1.70. The van der Waals surface area contributed by atoms with Gasteiger partial charge in [0.2, 0.25) is 5.91 Å². The van der Waals surface area contributed by atoms with Crippen molar-refractivity contribution in [3.8, 4) is 17.2 Å². The molecule has 2 heterocycles. The van der Waals surface area contributed by atoms with Crippen molar-refractivity contribution in [2.75, 3.05) is 18.6 Å². The minimum absolute atomic E-state index is 0.0364. The first-order valence-corrected chi connectivity index (χ1v) is 8.97. The van der Waals surface area contributed by atoms with Crippen molar-refractivity contribution in [3.05, 3.63) is 58.9 Å². The molecule has 1 atom stereocenters. The number of benzene rings is 2. The molecule has 1 aliphatic rings. The van der Waals surface area contributed by atoms with Gasteiger partial charge >= 0.3 is 0 Å². The smallest absolute Gasteiger partial charge is 0.258 e. The molecule has 3 aromatic rings. The summed E-state index contributed by atoms with van der Waals surface area (Å²) in [6, 6.07) is 12.9. The van der Waals surface area contributed by atoms with Crippen LogP contribution in [0, 0.1) is 6.92 Å². The van der Waals surface area contributed by atoms with Crippen LogP contribution in [0.15, 0.2) is 47.0 Å². The lowest BCUT2D eigenvalue weighted by atomic mass is 10.1. The molecule has 0 saturated carbocycles. The molecular weight excluding hydrogens is 366 g/mol. The van der Waals surface area contributed by atoms with Gasteiger partial charge in [0.05, 0.1) is 7.11 Å². The van der Waals surface area contributed by atoms with Crippen LogP contribution < -0.4 is 9.64 Å². The normalized spacial score (nSPS) is 16.8. The summed E-state index contributed by atoms with van der Waals surface area (Å²) >= 11 is 5.93. The van der Waals surface area contributed by atoms with E-state index in [0.717, 1.165) is 22.6 Å². The zero-order valence-corrected chi connectivity index (χ0v) is 15.7. The Morgan fingerprint density at radius 1 is 1.22 bits per heavy atom. The quantitative estimate of drug-likeness (QED) is 0.674. The number of amides is 1. The topological polar surface area (TPSA) is 68.5 Å². The second-order valence-corrected chi connectivity index (χ2v) is 6.96. The van der Waals surface area contributed by atoms with E-state index in [1.165, 1.54) is 0 Å². The third-order valence-electron chi connectivity index (χ3n) is 4.73. The lowest BCUT2D eigenvalue weighted by Crippen LogP contribution is -2.24. The average molecular weight is 384 g/mol. The van der Waals surface area contributed by atoms with Crippen LogP contribution in [0.4, 0.5) is 5.69 Å². The number of aryl methyl sites for hydroxylation is 1. The molecule has 1 saturated heterocycles. The third-order valence-corrected chi connectivity index (χ3v) is 4.99. The number of rotatable bonds is 4. The standard InChI is InChI=1S/C20H18ClN3O3/c1-12-9-16(26-2)7-8-17(12)20-22-19(23-27-20)13-10-18(25)24(11-13)15-5-3-14(21)4-6-15/h3-9,13H,10-11H2,1-2H3. The minimum atomic E-state index is -0.107. The number of carbonyl (C=O) groups is 1. The molecule has 0 bridgehead atoms. The van der Waals surface area contributed by atoms with Crippen molar-refractivity contribution >= 4 is 23.2 Å². The zero-order valence-electron chi connectivity index (χ0n) is 15.0. The van der Waals surface area contributed by atoms with E-state index in [-0.39, 0.29) is 11.8 Å². The molecule has 2 aromatic carbocycles. The van der Waals surface area contributed by atoms with E-state index in [4.69, 9.17) is 20.9 Å². The number of carbonyl (C=O) groups excluding carboxylic acids is 1. The summed E-state index contributed by atoms with van der Waals surface area (Å²) in [5, 5.41) is 4.76. The van der Waals surface area contributed by atoms with Gasteiger partial charge in [0.15, 0.2) is 5.82 Å². The fourth-order valence-corrected chi connectivity index (χ4v) is 3.39. The van der Waals surface area contributed by atoms with Gasteiger partial charge in [0, 0.05) is 35.2 Å². The van der Waals surface area contributed by atoms with Gasteiger partial charge in [-0.2, -0.15) is 4.98 Å². The van der Waals surface area contributed by atoms with Gasteiger partial charge < -0.3 is 14.2 Å². The van der Waals surface area contributed by atoms with Gasteiger partial charge in [0.25, 0.3) is 5.89 Å². The Morgan fingerprint density at radius 3 is 2.70 bits per heavy atom. The predicted molar refractivity (Wildman–Crippen MR) is 102 cm³/mol. The molecule has 6 nitrogen and oxygen atoms in total. The number of ether oxygens (including phenoxy) is 1. The Kier molecular flexibility index (Phi) is 4.58. The van der Waals surface area contributed by atoms with E-state index in [0.29, 0.717) is 29.7 Å². The van der Waals surface area contributed by atoms with Crippen LogP contribution in [0.1, 0.15) is 23.7 Å². The highest BCUT2D eigenvalue weighted by Gasteiger charge is 2.34. The molecule has 4 rings (SSSR count). The Labute approximate surface area is 161 Å². The van der Waals surface area contributed by atoms with Crippen LogP contribution in [0.25, 0.3) is 11.5 Å². The fraction of sp³-hybridized carbons (Fsp3) is 0.250. The SMILES string of the molecule is COc1ccc(-c2nc(C3CC(=O)N(c4ccc(Cl)cc4)C3)no2)c(C)c1. The van der Waals surface area contributed by atoms with E-state index >= 15 is 0 Å². The van der Waals surface area contributed by atoms with Gasteiger partial charge in [-0.05, 0) is 55.0 Å². The third kappa shape index (κ3) is 3.40. The lowest BCUT2D eigenvalue weighted by Gasteiger charge is -2.16. The van der Waals surface area contributed by atoms with E-state index in [9.17, 15) is 4.79 Å². The lowest BCUT2D eigenvalue weighted by molar-refractivity contribution is -0.117. The van der Waals surface area contributed by atoms with Gasteiger partial charge in [-0.1, -0.05) is 16.8 Å². The first kappa shape index (κ1) is 17.5. The molecule has 0 aliphatic carbocycles. The average Bonchev–Trinajstić information content (AvgIpc) is 3.29. The van der Waals surface area contributed by atoms with Gasteiger partial charge in [-0.15, -0.1) is 0 Å². The summed E-state index contributed by atoms with van der Waals surface area (Å²) < 4.78 is 10.7. The highest BCUT2D eigenvalue weighted by Crippen LogP contribution is 2.33. The maximum Gasteiger partial charge on any atom is 0.258 e. The van der Waals surface area contributed by atoms with Crippen molar-refractivity contribution in [1.29, 1.82) is 0 Å². The number of hydrogen-bond acceptors (Lipinski definition) is 5. The maximum atomic E-state index is 12.4. The van der Waals surface area contributed by atoms with Crippen molar-refractivity contribution in [3.63, 3.8) is 0 Å². The second kappa shape index (κ2) is 7.04. The van der Waals surface area contributed by atoms with E-state index < -0.39 is 0 Å². The van der Waals surface area contributed by atoms with Crippen LogP contribution >= 0.6 is 11.6 Å². The molecule has 0 spiro atoms. The first-order valence-electron chi connectivity index (χ1n) is 8.59. The number of halogens is 1. The Hall–Kier alpha value is -2.86. The number of aromatic nitrogens is 2. The van der Waals surface area contributed by atoms with Crippen molar-refractivity contribution < 1.29 is 14.1 Å². The number of anilines is 1. The first-order chi connectivity index (χ1) is 13.0. The van der Waals surface area contributed by atoms with Crippen LogP contribution in [0.5, 0.6) is 5.75 Å². The Bertz CT molecular complexity index is 984. The van der Waals surface area contributed by atoms with Crippen LogP contribution in [-0.2, 0) is 4.79 Å². The van der Waals surface area contributed by atoms with Gasteiger partial charge in [0.1, 0.15) is 5.75 Å². The molecular formula is C20H18ClN3O3. The van der Waals surface area contributed by atoms with Gasteiger partial charge in [-0.3, -0.25) is 4.79 Å². The summed E-state index contributed by atoms with van der Waals surface area (Å²) in [6.45, 7) is 2.48. The molecule has 0 N–H and O–H groups in total. The molecule has 7 heteroatoms. The second-order valence-electron chi connectivity index (χ2n) is 6.52. The molecule has 1 fully saturated rings. The van der Waals surface area contributed by atoms with E-state index in [1.54, 1.807) is 24.1 Å². The van der Waals surface area contributed by atoms with E-state index in [1.807, 2.05) is 37.3 Å². The van der Waals surface area contributed by atoms with Crippen molar-refractivity contribution in [1.82, 2.24) is 10.1 Å². The Balaban J connectivity index is 1.55. The maximum absolute atomic E-state index is 12.4. The molecule has 0 radical (unpaired) electrons. The molecule has 27 heavy (non-hydrogen) atoms. The summed E-state index contributed by atoms with van der Waals surface area (Å²) in [6.07, 6.45) is 0.350. The van der Waals surface area contributed by atoms with Crippen molar-refractivity contribution in [2.45, 2.75) is 19.3 Å². The molecule has 1 unspecified atom stereocenters. The predicted octanol–water partition coefficient (Wildman–Crippen LogP) is 4.23. The van der Waals surface area contributed by atoms with E-state index in [2.05, 4.69) is 10.1 Å². The number of nitrogens with zero attached hydrogens (tertiary/aromatic N) is 3. The summed E-state index contributed by atoms with van der Waals surface area (Å²) in [7, 11) is 1.63. The highest BCUT2D eigenvalue weighted by atomic mass is 35.5. The number of methoxy groups -OCH3 is 1. The molecule has 1 aromatic heterocycles. The number of hydrogen-bond donors (Lipinski definition) is 0. The van der Waals surface area contributed by atoms with Crippen molar-refractivity contribution in [2.24, 2.45) is 0 Å². The Morgan fingerprint density at radius 2 is 2.00 bits per heavy atom. The molecule has 1 aliphatic heterocycles. The fourth-order valence-electron chi connectivity index (χ4n) is 3.26. The van der Waals surface area contributed by atoms with Crippen LogP contribution in [0.3, 0.4) is 0 Å². The summed E-state index contributed by atoms with van der Waals surface area (Å²) in [4.78, 5) is 18.7.